The largest absolute Gasteiger partial charge is 0.379 e. The Labute approximate surface area is 225 Å². The van der Waals surface area contributed by atoms with E-state index in [0.29, 0.717) is 22.4 Å². The molecule has 0 bridgehead atoms. The van der Waals surface area contributed by atoms with Crippen LogP contribution in [0.4, 0.5) is 5.69 Å². The first-order valence-corrected chi connectivity index (χ1v) is 13.2. The number of amides is 2. The van der Waals surface area contributed by atoms with E-state index in [1.165, 1.54) is 49.5 Å². The lowest BCUT2D eigenvalue weighted by molar-refractivity contribution is -0.136. The summed E-state index contributed by atoms with van der Waals surface area (Å²) in [5, 5.41) is 18.0. The Hall–Kier alpha value is -4.80. The van der Waals surface area contributed by atoms with Gasteiger partial charge in [-0.3, -0.25) is 9.59 Å². The molecule has 0 radical (unpaired) electrons. The number of hydrogen-bond acceptors (Lipinski definition) is 7. The van der Waals surface area contributed by atoms with E-state index in [-0.39, 0.29) is 16.6 Å². The van der Waals surface area contributed by atoms with Crippen LogP contribution in [0.25, 0.3) is 0 Å². The van der Waals surface area contributed by atoms with Gasteiger partial charge in [-0.2, -0.15) is 13.5 Å². The molecule has 2 amide bonds. The van der Waals surface area contributed by atoms with Crippen LogP contribution in [-0.2, 0) is 25.3 Å². The fourth-order valence-corrected chi connectivity index (χ4v) is 4.66. The van der Waals surface area contributed by atoms with E-state index >= 15 is 0 Å². The van der Waals surface area contributed by atoms with Gasteiger partial charge in [-0.05, 0) is 65.2 Å². The van der Waals surface area contributed by atoms with Crippen molar-refractivity contribution in [2.75, 3.05) is 5.32 Å². The zero-order valence-corrected chi connectivity index (χ0v) is 21.6. The third-order valence-corrected chi connectivity index (χ3v) is 6.90. The van der Waals surface area contributed by atoms with Crippen molar-refractivity contribution in [3.05, 3.63) is 126 Å². The van der Waals surface area contributed by atoms with E-state index in [4.69, 9.17) is 4.18 Å². The molecule has 0 aliphatic heterocycles. The highest BCUT2D eigenvalue weighted by molar-refractivity contribution is 7.87. The van der Waals surface area contributed by atoms with Crippen molar-refractivity contribution in [2.24, 2.45) is 5.10 Å². The summed E-state index contributed by atoms with van der Waals surface area (Å²) >= 11 is 0. The molecule has 9 nitrogen and oxygen atoms in total. The Morgan fingerprint density at radius 1 is 0.821 bits per heavy atom. The van der Waals surface area contributed by atoms with Crippen LogP contribution in [-0.4, -0.2) is 31.6 Å². The third-order valence-electron chi connectivity index (χ3n) is 5.64. The minimum absolute atomic E-state index is 0.0738. The summed E-state index contributed by atoms with van der Waals surface area (Å²) in [7, 11) is -4.10. The average Bonchev–Trinajstić information content (AvgIpc) is 2.94. The number of nitrogens with one attached hydrogen (secondary N) is 2. The molecule has 0 atom stereocenters. The molecule has 0 spiro atoms. The second kappa shape index (κ2) is 11.7. The topological polar surface area (TPSA) is 134 Å². The summed E-state index contributed by atoms with van der Waals surface area (Å²) in [6, 6.07) is 28.7. The number of benzene rings is 4. The highest BCUT2D eigenvalue weighted by Crippen LogP contribution is 2.30. The molecule has 4 aromatic rings. The number of carbonyl (C=O) groups is 2. The molecule has 0 aliphatic rings. The van der Waals surface area contributed by atoms with Gasteiger partial charge in [-0.15, -0.1) is 0 Å². The molecule has 4 rings (SSSR count). The zero-order valence-electron chi connectivity index (χ0n) is 20.8. The minimum Gasteiger partial charge on any atom is -0.379 e. The van der Waals surface area contributed by atoms with Crippen LogP contribution in [0.15, 0.2) is 119 Å². The lowest BCUT2D eigenvalue weighted by Gasteiger charge is -2.27. The Bertz CT molecular complexity index is 1530. The van der Waals surface area contributed by atoms with Crippen LogP contribution in [0.2, 0.25) is 0 Å². The fourth-order valence-electron chi connectivity index (χ4n) is 3.73. The second-order valence-corrected chi connectivity index (χ2v) is 10.00. The first-order valence-electron chi connectivity index (χ1n) is 11.8. The molecule has 10 heteroatoms. The SMILES string of the molecule is CC(=O)Nc1ccc(S(=O)(=O)Oc2ccc(/C=N\NC(=O)C(O)(c3ccccc3)c3ccccc3)cc2)cc1. The first kappa shape index (κ1) is 27.2. The summed E-state index contributed by atoms with van der Waals surface area (Å²) in [5.74, 6) is -0.940. The Morgan fingerprint density at radius 2 is 1.36 bits per heavy atom. The predicted octanol–water partition coefficient (Wildman–Crippen LogP) is 3.80. The van der Waals surface area contributed by atoms with Crippen LogP contribution in [0, 0.1) is 0 Å². The van der Waals surface area contributed by atoms with Gasteiger partial charge in [0.15, 0.2) is 5.60 Å². The van der Waals surface area contributed by atoms with E-state index in [9.17, 15) is 23.1 Å². The smallest absolute Gasteiger partial charge is 0.339 e. The molecule has 3 N–H and O–H groups in total. The maximum Gasteiger partial charge on any atom is 0.339 e. The van der Waals surface area contributed by atoms with Gasteiger partial charge in [-0.1, -0.05) is 60.7 Å². The quantitative estimate of drug-likeness (QED) is 0.167. The minimum atomic E-state index is -4.10. The van der Waals surface area contributed by atoms with E-state index in [0.717, 1.165) is 0 Å². The van der Waals surface area contributed by atoms with E-state index < -0.39 is 21.6 Å². The van der Waals surface area contributed by atoms with Gasteiger partial charge < -0.3 is 14.6 Å². The van der Waals surface area contributed by atoms with Crippen molar-refractivity contribution in [1.82, 2.24) is 5.43 Å². The number of hydrazone groups is 1. The van der Waals surface area contributed by atoms with Crippen LogP contribution in [0.1, 0.15) is 23.6 Å². The standard InChI is InChI=1S/C29H25N3O6S/c1-21(33)31-25-14-18-27(19-15-25)39(36,37)38-26-16-12-22(13-17-26)20-30-32-28(34)29(35,23-8-4-2-5-9-23)24-10-6-3-7-11-24/h2-20,35H,1H3,(H,31,33)(H,32,34)/b30-20-. The highest BCUT2D eigenvalue weighted by Gasteiger charge is 2.39. The summed E-state index contributed by atoms with van der Waals surface area (Å²) < 4.78 is 30.4. The summed E-state index contributed by atoms with van der Waals surface area (Å²) in [5.41, 5.74) is 2.20. The van der Waals surface area contributed by atoms with Crippen molar-refractivity contribution < 1.29 is 27.3 Å². The summed E-state index contributed by atoms with van der Waals surface area (Å²) in [6.07, 6.45) is 1.35. The molecular formula is C29H25N3O6S. The Kier molecular flexibility index (Phi) is 8.18. The predicted molar refractivity (Wildman–Crippen MR) is 147 cm³/mol. The molecule has 0 heterocycles. The molecule has 0 saturated heterocycles. The first-order chi connectivity index (χ1) is 18.7. The lowest BCUT2D eigenvalue weighted by atomic mass is 9.85. The number of carbonyl (C=O) groups excluding carboxylic acids is 2. The molecule has 0 aromatic heterocycles. The number of aliphatic hydroxyl groups is 1. The molecule has 198 valence electrons. The molecule has 0 aliphatic carbocycles. The van der Waals surface area contributed by atoms with Crippen molar-refractivity contribution >= 4 is 33.8 Å². The van der Waals surface area contributed by atoms with Gasteiger partial charge in [0, 0.05) is 12.6 Å². The summed E-state index contributed by atoms with van der Waals surface area (Å²) in [4.78, 5) is 24.1. The van der Waals surface area contributed by atoms with E-state index in [2.05, 4.69) is 15.8 Å². The van der Waals surface area contributed by atoms with Crippen molar-refractivity contribution in [3.63, 3.8) is 0 Å². The molecular weight excluding hydrogens is 518 g/mol. The van der Waals surface area contributed by atoms with Crippen LogP contribution >= 0.6 is 0 Å². The zero-order chi connectivity index (χ0) is 27.9. The maximum absolute atomic E-state index is 13.1. The third kappa shape index (κ3) is 6.56. The molecule has 0 unspecified atom stereocenters. The van der Waals surface area contributed by atoms with E-state index in [1.54, 1.807) is 72.8 Å². The van der Waals surface area contributed by atoms with Crippen LogP contribution in [0.5, 0.6) is 5.75 Å². The van der Waals surface area contributed by atoms with Crippen LogP contribution < -0.4 is 14.9 Å². The number of nitrogens with zero attached hydrogens (tertiary/aromatic N) is 1. The van der Waals surface area contributed by atoms with Crippen molar-refractivity contribution in [2.45, 2.75) is 17.4 Å². The van der Waals surface area contributed by atoms with Gasteiger partial charge in [0.1, 0.15) is 10.6 Å². The summed E-state index contributed by atoms with van der Waals surface area (Å²) in [6.45, 7) is 1.35. The monoisotopic (exact) mass is 543 g/mol. The van der Waals surface area contributed by atoms with Crippen molar-refractivity contribution in [1.29, 1.82) is 0 Å². The van der Waals surface area contributed by atoms with Crippen molar-refractivity contribution in [3.8, 4) is 5.75 Å². The second-order valence-electron chi connectivity index (χ2n) is 8.45. The molecule has 0 saturated carbocycles. The maximum atomic E-state index is 13.1. The normalized spacial score (nSPS) is 11.6. The van der Waals surface area contributed by atoms with Gasteiger partial charge in [0.05, 0.1) is 6.21 Å². The van der Waals surface area contributed by atoms with Gasteiger partial charge in [0.25, 0.3) is 5.91 Å². The highest BCUT2D eigenvalue weighted by atomic mass is 32.2. The van der Waals surface area contributed by atoms with Crippen LogP contribution in [0.3, 0.4) is 0 Å². The Balaban J connectivity index is 1.43. The number of rotatable bonds is 9. The van der Waals surface area contributed by atoms with Gasteiger partial charge in [-0.25, -0.2) is 5.43 Å². The van der Waals surface area contributed by atoms with Gasteiger partial charge >= 0.3 is 10.1 Å². The average molecular weight is 544 g/mol. The lowest BCUT2D eigenvalue weighted by Crippen LogP contribution is -2.43. The van der Waals surface area contributed by atoms with E-state index in [1.807, 2.05) is 0 Å². The Morgan fingerprint density at radius 3 is 1.87 bits per heavy atom. The molecule has 4 aromatic carbocycles. The molecule has 0 fully saturated rings. The van der Waals surface area contributed by atoms with Gasteiger partial charge in [0.2, 0.25) is 5.91 Å². The molecule has 39 heavy (non-hydrogen) atoms. The fraction of sp³-hybridized carbons (Fsp3) is 0.0690. The number of anilines is 1. The number of hydrogen-bond donors (Lipinski definition) is 3.